The van der Waals surface area contributed by atoms with Crippen LogP contribution >= 0.6 is 0 Å². The van der Waals surface area contributed by atoms with Crippen molar-refractivity contribution in [2.24, 2.45) is 0 Å². The van der Waals surface area contributed by atoms with E-state index in [1.807, 2.05) is 0 Å². The Morgan fingerprint density at radius 2 is 1.83 bits per heavy atom. The lowest BCUT2D eigenvalue weighted by Gasteiger charge is -2.07. The number of hydrogen-bond acceptors (Lipinski definition) is 2. The van der Waals surface area contributed by atoms with Gasteiger partial charge in [-0.15, -0.1) is 0 Å². The zero-order valence-electron chi connectivity index (χ0n) is 11.0. The maximum Gasteiger partial charge on any atom is 0.0587 e. The summed E-state index contributed by atoms with van der Waals surface area (Å²) < 4.78 is 5.00. The van der Waals surface area contributed by atoms with Gasteiger partial charge in [0.1, 0.15) is 0 Å². The first-order valence-corrected chi connectivity index (χ1v) is 6.58. The van der Waals surface area contributed by atoms with E-state index < -0.39 is 0 Å². The topological polar surface area (TPSA) is 21.3 Å². The van der Waals surface area contributed by atoms with Gasteiger partial charge in [0.05, 0.1) is 6.61 Å². The molecule has 0 aromatic heterocycles. The van der Waals surface area contributed by atoms with Gasteiger partial charge in [-0.05, 0) is 35.7 Å². The minimum absolute atomic E-state index is 0.786. The van der Waals surface area contributed by atoms with Gasteiger partial charge in [0.15, 0.2) is 0 Å². The van der Waals surface area contributed by atoms with Gasteiger partial charge in [-0.3, -0.25) is 0 Å². The number of methoxy groups -OCH3 is 1. The van der Waals surface area contributed by atoms with Crippen LogP contribution in [0, 0.1) is 0 Å². The number of benzene rings is 2. The van der Waals surface area contributed by atoms with E-state index in [1.165, 1.54) is 16.3 Å². The first-order valence-electron chi connectivity index (χ1n) is 6.58. The molecule has 0 radical (unpaired) electrons. The highest BCUT2D eigenvalue weighted by Gasteiger charge is 1.99. The third-order valence-corrected chi connectivity index (χ3v) is 3.16. The van der Waals surface area contributed by atoms with E-state index in [1.54, 1.807) is 7.11 Å². The molecule has 0 fully saturated rings. The predicted octanol–water partition coefficient (Wildman–Crippen LogP) is 3.01. The zero-order valence-corrected chi connectivity index (χ0v) is 11.0. The van der Waals surface area contributed by atoms with Gasteiger partial charge < -0.3 is 10.1 Å². The molecule has 0 saturated heterocycles. The number of rotatable bonds is 7. The summed E-state index contributed by atoms with van der Waals surface area (Å²) in [5.74, 6) is 0. The van der Waals surface area contributed by atoms with Crippen LogP contribution in [0.3, 0.4) is 0 Å². The molecule has 96 valence electrons. The molecule has 2 rings (SSSR count). The van der Waals surface area contributed by atoms with Crippen LogP contribution in [0.15, 0.2) is 42.5 Å². The lowest BCUT2D eigenvalue weighted by Crippen LogP contribution is -2.20. The van der Waals surface area contributed by atoms with E-state index in [-0.39, 0.29) is 0 Å². The van der Waals surface area contributed by atoms with E-state index in [0.29, 0.717) is 0 Å². The van der Waals surface area contributed by atoms with E-state index in [4.69, 9.17) is 4.74 Å². The van der Waals surface area contributed by atoms with Crippen molar-refractivity contribution in [1.29, 1.82) is 0 Å². The standard InChI is InChI=1S/C16H21NO/c1-18-13-12-17-11-5-9-15-8-4-7-14-6-2-3-10-16(14)15/h2-4,6-8,10,17H,5,9,11-13H2,1H3. The highest BCUT2D eigenvalue weighted by molar-refractivity contribution is 5.85. The van der Waals surface area contributed by atoms with Gasteiger partial charge in [-0.25, -0.2) is 0 Å². The molecule has 0 aliphatic heterocycles. The summed E-state index contributed by atoms with van der Waals surface area (Å²) >= 11 is 0. The zero-order chi connectivity index (χ0) is 12.6. The molecule has 1 N–H and O–H groups in total. The smallest absolute Gasteiger partial charge is 0.0587 e. The summed E-state index contributed by atoms with van der Waals surface area (Å²) in [5, 5.41) is 6.10. The van der Waals surface area contributed by atoms with Crippen molar-refractivity contribution in [2.75, 3.05) is 26.8 Å². The third-order valence-electron chi connectivity index (χ3n) is 3.16. The fourth-order valence-electron chi connectivity index (χ4n) is 2.21. The summed E-state index contributed by atoms with van der Waals surface area (Å²) in [7, 11) is 1.73. The van der Waals surface area contributed by atoms with E-state index >= 15 is 0 Å². The van der Waals surface area contributed by atoms with Gasteiger partial charge in [-0.1, -0.05) is 42.5 Å². The van der Waals surface area contributed by atoms with E-state index in [0.717, 1.165) is 32.5 Å². The lowest BCUT2D eigenvalue weighted by atomic mass is 10.0. The predicted molar refractivity (Wildman–Crippen MR) is 77.0 cm³/mol. The molecule has 0 aliphatic carbocycles. The molecule has 0 saturated carbocycles. The van der Waals surface area contributed by atoms with Gasteiger partial charge in [0.25, 0.3) is 0 Å². The lowest BCUT2D eigenvalue weighted by molar-refractivity contribution is 0.199. The van der Waals surface area contributed by atoms with Crippen molar-refractivity contribution in [1.82, 2.24) is 5.32 Å². The quantitative estimate of drug-likeness (QED) is 0.755. The van der Waals surface area contributed by atoms with Gasteiger partial charge >= 0.3 is 0 Å². The Bertz CT molecular complexity index is 476. The van der Waals surface area contributed by atoms with Gasteiger partial charge in [-0.2, -0.15) is 0 Å². The third kappa shape index (κ3) is 3.56. The van der Waals surface area contributed by atoms with Crippen LogP contribution in [0.4, 0.5) is 0 Å². The van der Waals surface area contributed by atoms with Crippen LogP contribution in [0.1, 0.15) is 12.0 Å². The fourth-order valence-corrected chi connectivity index (χ4v) is 2.21. The molecule has 0 unspecified atom stereocenters. The van der Waals surface area contributed by atoms with Gasteiger partial charge in [0, 0.05) is 13.7 Å². The van der Waals surface area contributed by atoms with Crippen LogP contribution in [0.5, 0.6) is 0 Å². The SMILES string of the molecule is COCCNCCCc1cccc2ccccc12. The molecule has 2 aromatic carbocycles. The van der Waals surface area contributed by atoms with E-state index in [2.05, 4.69) is 47.8 Å². The summed E-state index contributed by atoms with van der Waals surface area (Å²) in [6.45, 7) is 2.77. The first-order chi connectivity index (χ1) is 8.92. The van der Waals surface area contributed by atoms with Crippen LogP contribution in [-0.4, -0.2) is 26.8 Å². The number of nitrogens with one attached hydrogen (secondary N) is 1. The average molecular weight is 243 g/mol. The maximum absolute atomic E-state index is 5.00. The molecule has 0 amide bonds. The van der Waals surface area contributed by atoms with Crippen molar-refractivity contribution in [2.45, 2.75) is 12.8 Å². The Morgan fingerprint density at radius 3 is 2.72 bits per heavy atom. The highest BCUT2D eigenvalue weighted by atomic mass is 16.5. The van der Waals surface area contributed by atoms with Crippen LogP contribution in [0.25, 0.3) is 10.8 Å². The van der Waals surface area contributed by atoms with Crippen molar-refractivity contribution in [3.05, 3.63) is 48.0 Å². The minimum Gasteiger partial charge on any atom is -0.383 e. The number of fused-ring (bicyclic) bond motifs is 1. The van der Waals surface area contributed by atoms with Crippen molar-refractivity contribution < 1.29 is 4.74 Å². The summed E-state index contributed by atoms with van der Waals surface area (Å²) in [6.07, 6.45) is 2.29. The number of ether oxygens (including phenoxy) is 1. The molecule has 0 bridgehead atoms. The molecular formula is C16H21NO. The minimum atomic E-state index is 0.786. The molecule has 0 aliphatic rings. The van der Waals surface area contributed by atoms with Crippen molar-refractivity contribution in [3.8, 4) is 0 Å². The van der Waals surface area contributed by atoms with Crippen LogP contribution in [0.2, 0.25) is 0 Å². The van der Waals surface area contributed by atoms with Crippen molar-refractivity contribution in [3.63, 3.8) is 0 Å². The second-order valence-corrected chi connectivity index (χ2v) is 4.48. The molecule has 0 spiro atoms. The highest BCUT2D eigenvalue weighted by Crippen LogP contribution is 2.19. The molecule has 0 atom stereocenters. The number of hydrogen-bond donors (Lipinski definition) is 1. The molecular weight excluding hydrogens is 222 g/mol. The molecule has 2 heteroatoms. The second-order valence-electron chi connectivity index (χ2n) is 4.48. The Hall–Kier alpha value is -1.38. The molecule has 18 heavy (non-hydrogen) atoms. The first kappa shape index (κ1) is 13.1. The van der Waals surface area contributed by atoms with Crippen LogP contribution < -0.4 is 5.32 Å². The molecule has 0 heterocycles. The largest absolute Gasteiger partial charge is 0.383 e. The Kier molecular flexibility index (Phi) is 5.18. The Morgan fingerprint density at radius 1 is 1.00 bits per heavy atom. The maximum atomic E-state index is 5.00. The van der Waals surface area contributed by atoms with Crippen molar-refractivity contribution >= 4 is 10.8 Å². The Balaban J connectivity index is 1.88. The number of aryl methyl sites for hydroxylation is 1. The summed E-state index contributed by atoms with van der Waals surface area (Å²) in [4.78, 5) is 0. The summed E-state index contributed by atoms with van der Waals surface area (Å²) in [6, 6.07) is 15.2. The van der Waals surface area contributed by atoms with Crippen LogP contribution in [-0.2, 0) is 11.2 Å². The monoisotopic (exact) mass is 243 g/mol. The average Bonchev–Trinajstić information content (AvgIpc) is 2.43. The Labute approximate surface area is 109 Å². The second kappa shape index (κ2) is 7.14. The summed E-state index contributed by atoms with van der Waals surface area (Å²) in [5.41, 5.74) is 1.45. The fraction of sp³-hybridized carbons (Fsp3) is 0.375. The normalized spacial score (nSPS) is 10.9. The van der Waals surface area contributed by atoms with Gasteiger partial charge in [0.2, 0.25) is 0 Å². The molecule has 2 nitrogen and oxygen atoms in total. The molecule has 2 aromatic rings. The van der Waals surface area contributed by atoms with E-state index in [9.17, 15) is 0 Å².